The van der Waals surface area contributed by atoms with Crippen LogP contribution < -0.4 is 22.1 Å². The number of aliphatic carboxylic acids is 2. The Bertz CT molecular complexity index is 1280. The van der Waals surface area contributed by atoms with Gasteiger partial charge in [0.25, 0.3) is 11.8 Å². The number of hydrogen-bond acceptors (Lipinski definition) is 8. The molecule has 12 heteroatoms. The Morgan fingerprint density at radius 2 is 1.18 bits per heavy atom. The molecule has 3 aromatic rings. The maximum atomic E-state index is 13.0. The maximum absolute atomic E-state index is 13.0. The molecule has 0 spiro atoms. The van der Waals surface area contributed by atoms with E-state index >= 15 is 0 Å². The van der Waals surface area contributed by atoms with Gasteiger partial charge >= 0.3 is 11.9 Å². The van der Waals surface area contributed by atoms with Crippen LogP contribution in [0.4, 0.5) is 11.6 Å². The monoisotopic (exact) mass is 520 g/mol. The minimum Gasteiger partial charge on any atom is -0.481 e. The molecule has 0 unspecified atom stereocenters. The Balaban J connectivity index is 1.83. The molecule has 0 fully saturated rings. The first-order valence-electron chi connectivity index (χ1n) is 11.6. The molecule has 0 bridgehead atoms. The number of carbonyl (C=O) groups excluding carboxylic acids is 2. The van der Waals surface area contributed by atoms with Crippen LogP contribution in [0.15, 0.2) is 60.7 Å². The van der Waals surface area contributed by atoms with Crippen molar-refractivity contribution in [2.24, 2.45) is 5.41 Å². The molecule has 0 atom stereocenters. The van der Waals surface area contributed by atoms with E-state index in [4.69, 9.17) is 16.6 Å². The third kappa shape index (κ3) is 7.03. The minimum atomic E-state index is -1.41. The number of carboxylic acids is 2. The largest absolute Gasteiger partial charge is 0.481 e. The van der Waals surface area contributed by atoms with Crippen molar-refractivity contribution in [2.75, 3.05) is 24.6 Å². The molecule has 0 saturated carbocycles. The summed E-state index contributed by atoms with van der Waals surface area (Å²) in [5.74, 6) is -4.61. The lowest BCUT2D eigenvalue weighted by molar-refractivity contribution is -0.148. The van der Waals surface area contributed by atoms with Gasteiger partial charge in [-0.3, -0.25) is 19.2 Å². The average molecular weight is 521 g/mol. The van der Waals surface area contributed by atoms with Crippen LogP contribution in [0.25, 0.3) is 0 Å². The smallest absolute Gasteiger partial charge is 0.312 e. The normalized spacial score (nSPS) is 10.9. The first kappa shape index (κ1) is 27.6. The van der Waals surface area contributed by atoms with Crippen molar-refractivity contribution < 1.29 is 29.4 Å². The van der Waals surface area contributed by atoms with Gasteiger partial charge in [0.2, 0.25) is 0 Å². The number of rotatable bonds is 12. The first-order valence-corrected chi connectivity index (χ1v) is 11.6. The highest BCUT2D eigenvalue weighted by molar-refractivity contribution is 6.01. The average Bonchev–Trinajstić information content (AvgIpc) is 2.89. The molecule has 198 valence electrons. The minimum absolute atomic E-state index is 0.136. The second-order valence-corrected chi connectivity index (χ2v) is 8.68. The van der Waals surface area contributed by atoms with Crippen LogP contribution in [0.3, 0.4) is 0 Å². The maximum Gasteiger partial charge on any atom is 0.312 e. The number of carboxylic acid groups (broad SMARTS) is 2. The van der Waals surface area contributed by atoms with Crippen LogP contribution in [0.2, 0.25) is 0 Å². The lowest BCUT2D eigenvalue weighted by atomic mass is 9.76. The van der Waals surface area contributed by atoms with E-state index in [2.05, 4.69) is 20.6 Å². The van der Waals surface area contributed by atoms with Gasteiger partial charge in [0.15, 0.2) is 23.0 Å². The van der Waals surface area contributed by atoms with Crippen LogP contribution in [0.1, 0.15) is 38.5 Å². The number of nitrogens with two attached hydrogens (primary N) is 2. The summed E-state index contributed by atoms with van der Waals surface area (Å²) in [6.45, 7) is -0.430. The quantitative estimate of drug-likeness (QED) is 0.200. The summed E-state index contributed by atoms with van der Waals surface area (Å²) in [6.07, 6.45) is -0.0411. The Kier molecular flexibility index (Phi) is 8.93. The molecule has 0 aliphatic rings. The Hall–Kier alpha value is -5.00. The van der Waals surface area contributed by atoms with E-state index < -0.39 is 40.8 Å². The number of benzene rings is 2. The molecule has 2 amide bonds. The molecule has 0 saturated heterocycles. The summed E-state index contributed by atoms with van der Waals surface area (Å²) in [4.78, 5) is 56.3. The topological polar surface area (TPSA) is 211 Å². The standard InChI is InChI=1S/C26H28N6O6/c27-21-19(23(35)29-12-11-18(33)34)31-22(28)20(32-21)24(36)30-15-26(25(37)38,13-16-7-3-1-4-8-16)14-17-9-5-2-6-10-17/h1-10H,11-15H2,(H2,27,32)(H2,28,31)(H,29,35)(H,30,36)(H,33,34)(H,37,38). The second-order valence-electron chi connectivity index (χ2n) is 8.68. The number of hydrogen-bond donors (Lipinski definition) is 6. The van der Waals surface area contributed by atoms with Gasteiger partial charge in [-0.1, -0.05) is 60.7 Å². The molecule has 8 N–H and O–H groups in total. The Labute approximate surface area is 218 Å². The lowest BCUT2D eigenvalue weighted by Gasteiger charge is -2.30. The second kappa shape index (κ2) is 12.3. The fraction of sp³-hybridized carbons (Fsp3) is 0.231. The van der Waals surface area contributed by atoms with Crippen LogP contribution in [0.5, 0.6) is 0 Å². The highest BCUT2D eigenvalue weighted by atomic mass is 16.4. The summed E-state index contributed by atoms with van der Waals surface area (Å²) in [5, 5.41) is 24.0. The predicted octanol–water partition coefficient (Wildman–Crippen LogP) is 1.13. The van der Waals surface area contributed by atoms with E-state index in [-0.39, 0.29) is 43.7 Å². The van der Waals surface area contributed by atoms with E-state index in [1.54, 1.807) is 0 Å². The van der Waals surface area contributed by atoms with Crippen molar-refractivity contribution in [3.05, 3.63) is 83.2 Å². The number of nitrogen functional groups attached to an aromatic ring is 2. The predicted molar refractivity (Wildman–Crippen MR) is 138 cm³/mol. The number of anilines is 2. The van der Waals surface area contributed by atoms with Gasteiger partial charge in [0, 0.05) is 13.1 Å². The van der Waals surface area contributed by atoms with Crippen LogP contribution in [0, 0.1) is 5.41 Å². The zero-order valence-electron chi connectivity index (χ0n) is 20.4. The summed E-state index contributed by atoms with van der Waals surface area (Å²) in [7, 11) is 0. The lowest BCUT2D eigenvalue weighted by Crippen LogP contribution is -2.46. The number of aromatic nitrogens is 2. The summed E-state index contributed by atoms with van der Waals surface area (Å²) in [6, 6.07) is 18.1. The van der Waals surface area contributed by atoms with Gasteiger partial charge < -0.3 is 32.3 Å². The zero-order chi connectivity index (χ0) is 27.7. The first-order chi connectivity index (χ1) is 18.1. The number of carbonyl (C=O) groups is 4. The van der Waals surface area contributed by atoms with Gasteiger partial charge in [-0.05, 0) is 24.0 Å². The fourth-order valence-corrected chi connectivity index (χ4v) is 3.88. The molecule has 1 heterocycles. The molecular formula is C26H28N6O6. The van der Waals surface area contributed by atoms with E-state index in [1.165, 1.54) is 0 Å². The van der Waals surface area contributed by atoms with Gasteiger partial charge in [-0.2, -0.15) is 0 Å². The number of nitrogens with one attached hydrogen (secondary N) is 2. The van der Waals surface area contributed by atoms with Crippen molar-refractivity contribution in [2.45, 2.75) is 19.3 Å². The molecule has 0 aliphatic carbocycles. The molecule has 1 aromatic heterocycles. The SMILES string of the molecule is Nc1nc(C(=O)NCC(Cc2ccccc2)(Cc2ccccc2)C(=O)O)c(N)nc1C(=O)NCCC(=O)O. The molecular weight excluding hydrogens is 492 g/mol. The van der Waals surface area contributed by atoms with Gasteiger partial charge in [0.1, 0.15) is 0 Å². The molecule has 38 heavy (non-hydrogen) atoms. The summed E-state index contributed by atoms with van der Waals surface area (Å²) >= 11 is 0. The molecule has 12 nitrogen and oxygen atoms in total. The van der Waals surface area contributed by atoms with Gasteiger partial charge in [0.05, 0.1) is 11.8 Å². The third-order valence-corrected chi connectivity index (χ3v) is 5.82. The van der Waals surface area contributed by atoms with Crippen LogP contribution >= 0.6 is 0 Å². The molecule has 0 aliphatic heterocycles. The van der Waals surface area contributed by atoms with E-state index in [0.29, 0.717) is 0 Å². The fourth-order valence-electron chi connectivity index (χ4n) is 3.88. The Morgan fingerprint density at radius 3 is 1.61 bits per heavy atom. The number of nitrogens with zero attached hydrogens (tertiary/aromatic N) is 2. The van der Waals surface area contributed by atoms with Crippen molar-refractivity contribution >= 4 is 35.4 Å². The van der Waals surface area contributed by atoms with E-state index in [9.17, 15) is 24.3 Å². The molecule has 2 aromatic carbocycles. The van der Waals surface area contributed by atoms with Gasteiger partial charge in [-0.15, -0.1) is 0 Å². The van der Waals surface area contributed by atoms with Crippen molar-refractivity contribution in [3.8, 4) is 0 Å². The highest BCUT2D eigenvalue weighted by Gasteiger charge is 2.39. The highest BCUT2D eigenvalue weighted by Crippen LogP contribution is 2.29. The van der Waals surface area contributed by atoms with Crippen molar-refractivity contribution in [1.82, 2.24) is 20.6 Å². The van der Waals surface area contributed by atoms with Crippen LogP contribution in [-0.4, -0.2) is 57.0 Å². The Morgan fingerprint density at radius 1 is 0.737 bits per heavy atom. The molecule has 3 rings (SSSR count). The summed E-state index contributed by atoms with van der Waals surface area (Å²) < 4.78 is 0. The number of amides is 2. The van der Waals surface area contributed by atoms with E-state index in [1.807, 2.05) is 60.7 Å². The van der Waals surface area contributed by atoms with Gasteiger partial charge in [-0.25, -0.2) is 9.97 Å². The van der Waals surface area contributed by atoms with Crippen molar-refractivity contribution in [1.29, 1.82) is 0 Å². The van der Waals surface area contributed by atoms with Crippen LogP contribution in [-0.2, 0) is 22.4 Å². The molecule has 0 radical (unpaired) electrons. The third-order valence-electron chi connectivity index (χ3n) is 5.82. The summed E-state index contributed by atoms with van der Waals surface area (Å²) in [5.41, 5.74) is 11.1. The zero-order valence-corrected chi connectivity index (χ0v) is 20.4. The van der Waals surface area contributed by atoms with E-state index in [0.717, 1.165) is 11.1 Å². The van der Waals surface area contributed by atoms with Crippen molar-refractivity contribution in [3.63, 3.8) is 0 Å².